The number of hydrogen-bond acceptors (Lipinski definition) is 4. The molecule has 0 saturated heterocycles. The van der Waals surface area contributed by atoms with Crippen molar-refractivity contribution in [3.8, 4) is 28.3 Å². The molecule has 0 fully saturated rings. The third kappa shape index (κ3) is 6.20. The first-order valence-corrected chi connectivity index (χ1v) is 19.9. The Bertz CT molecular complexity index is 2590. The van der Waals surface area contributed by atoms with Gasteiger partial charge in [-0.3, -0.25) is 9.97 Å². The Balaban J connectivity index is 0.000000196. The minimum atomic E-state index is -1.23. The van der Waals surface area contributed by atoms with E-state index in [1.54, 1.807) is 0 Å². The van der Waals surface area contributed by atoms with Gasteiger partial charge in [0.15, 0.2) is 0 Å². The fourth-order valence-corrected chi connectivity index (χ4v) is 7.30. The molecule has 247 valence electrons. The number of nitrogens with zero attached hydrogens (tertiary/aromatic N) is 4. The normalized spacial score (nSPS) is 11.4. The van der Waals surface area contributed by atoms with Crippen molar-refractivity contribution in [1.82, 2.24) is 19.5 Å². The summed E-state index contributed by atoms with van der Waals surface area (Å²) in [7, 11) is -1.23. The average molecular weight is 843 g/mol. The van der Waals surface area contributed by atoms with Crippen LogP contribution in [0, 0.1) is 19.1 Å². The quantitative estimate of drug-likeness (QED) is 0.131. The van der Waals surface area contributed by atoms with Crippen LogP contribution in [-0.2, 0) is 20.1 Å². The molecule has 0 bridgehead atoms. The van der Waals surface area contributed by atoms with E-state index in [-0.39, 0.29) is 20.1 Å². The zero-order valence-electron chi connectivity index (χ0n) is 28.2. The summed E-state index contributed by atoms with van der Waals surface area (Å²) < 4.78 is 8.70. The molecule has 9 aromatic rings. The topological polar surface area (TPSA) is 56.7 Å². The number of aromatic nitrogens is 4. The van der Waals surface area contributed by atoms with E-state index in [2.05, 4.69) is 101 Å². The first-order chi connectivity index (χ1) is 23.8. The van der Waals surface area contributed by atoms with Crippen molar-refractivity contribution < 1.29 is 24.5 Å². The maximum absolute atomic E-state index is 6.56. The van der Waals surface area contributed by atoms with E-state index in [4.69, 9.17) is 9.40 Å². The fraction of sp³-hybridized carbons (Fsp3) is 0.0930. The Morgan fingerprint density at radius 1 is 0.680 bits per heavy atom. The van der Waals surface area contributed by atoms with Crippen LogP contribution in [0.1, 0.15) is 5.69 Å². The second-order valence-corrected chi connectivity index (χ2v) is 18.3. The van der Waals surface area contributed by atoms with Gasteiger partial charge in [-0.25, -0.2) is 0 Å². The molecule has 0 unspecified atom stereocenters. The fourth-order valence-electron chi connectivity index (χ4n) is 6.27. The molecule has 4 aromatic heterocycles. The largest absolute Gasteiger partial charge is 0.500 e. The molecule has 0 spiro atoms. The number of aryl methyl sites for hydroxylation is 1. The maximum atomic E-state index is 6.56. The summed E-state index contributed by atoms with van der Waals surface area (Å²) in [6, 6.07) is 47.8. The Kier molecular flexibility index (Phi) is 9.06. The minimum Gasteiger partial charge on any atom is -0.500 e. The van der Waals surface area contributed by atoms with Gasteiger partial charge in [0.2, 0.25) is 0 Å². The molecule has 0 atom stereocenters. The van der Waals surface area contributed by atoms with Crippen LogP contribution in [0.4, 0.5) is 0 Å². The zero-order chi connectivity index (χ0) is 33.5. The molecular weight excluding hydrogens is 809 g/mol. The van der Waals surface area contributed by atoms with Crippen LogP contribution in [0.2, 0.25) is 19.6 Å². The van der Waals surface area contributed by atoms with Gasteiger partial charge in [0, 0.05) is 48.5 Å². The molecule has 0 saturated carbocycles. The summed E-state index contributed by atoms with van der Waals surface area (Å²) in [5.74, 6) is 0.789. The minimum absolute atomic E-state index is 0. The summed E-state index contributed by atoms with van der Waals surface area (Å²) in [6.45, 7) is 8.98. The second kappa shape index (κ2) is 13.6. The summed E-state index contributed by atoms with van der Waals surface area (Å²) in [5.41, 5.74) is 8.39. The average Bonchev–Trinajstić information content (AvgIpc) is 3.71. The van der Waals surface area contributed by atoms with Gasteiger partial charge in [-0.2, -0.15) is 0 Å². The molecule has 0 aliphatic heterocycles. The van der Waals surface area contributed by atoms with Gasteiger partial charge in [0.25, 0.3) is 0 Å². The standard InChI is InChI=1S/C29H18N3O.C14H16NSi.Ir/c1-18-16-25-26(17-30-18)32(20-9-3-2-4-10-20)29(31-25)24-13-7-12-22-23-15-14-19-8-5-6-11-21(19)27(23)33-28(22)24;1-16(2,3)13-9-10-14(15-11-13)12-7-5-4-6-8-12;/h2-12,14-17H,1H3;4-7,9-11H,1-3H3;/q2*-1;. The molecular formula is C43H34IrN4OSi-2. The number of rotatable bonds is 4. The van der Waals surface area contributed by atoms with Crippen molar-refractivity contribution >= 4 is 57.0 Å². The maximum Gasteiger partial charge on any atom is 0.128 e. The first-order valence-electron chi connectivity index (χ1n) is 16.4. The van der Waals surface area contributed by atoms with E-state index < -0.39 is 8.07 Å². The van der Waals surface area contributed by atoms with Gasteiger partial charge in [0.1, 0.15) is 5.58 Å². The predicted octanol–water partition coefficient (Wildman–Crippen LogP) is 10.3. The van der Waals surface area contributed by atoms with Crippen LogP contribution in [-0.4, -0.2) is 27.6 Å². The third-order valence-electron chi connectivity index (χ3n) is 8.85. The van der Waals surface area contributed by atoms with E-state index in [1.165, 1.54) is 5.19 Å². The Morgan fingerprint density at radius 2 is 1.46 bits per heavy atom. The van der Waals surface area contributed by atoms with Gasteiger partial charge in [-0.05, 0) is 41.4 Å². The molecule has 0 aliphatic carbocycles. The Labute approximate surface area is 306 Å². The first kappa shape index (κ1) is 33.3. The molecule has 5 aromatic carbocycles. The summed E-state index contributed by atoms with van der Waals surface area (Å²) in [6.07, 6.45) is 3.91. The van der Waals surface area contributed by atoms with Gasteiger partial charge in [-0.15, -0.1) is 54.1 Å². The van der Waals surface area contributed by atoms with Crippen LogP contribution in [0.5, 0.6) is 0 Å². The van der Waals surface area contributed by atoms with Crippen molar-refractivity contribution in [3.05, 3.63) is 152 Å². The summed E-state index contributed by atoms with van der Waals surface area (Å²) >= 11 is 0. The number of hydrogen-bond donors (Lipinski definition) is 0. The van der Waals surface area contributed by atoms with Gasteiger partial charge in [0.05, 0.1) is 36.7 Å². The van der Waals surface area contributed by atoms with Crippen molar-refractivity contribution in [2.75, 3.05) is 0 Å². The molecule has 5 nitrogen and oxygen atoms in total. The smallest absolute Gasteiger partial charge is 0.128 e. The number of benzene rings is 5. The van der Waals surface area contributed by atoms with Crippen molar-refractivity contribution in [1.29, 1.82) is 0 Å². The van der Waals surface area contributed by atoms with E-state index in [0.29, 0.717) is 0 Å². The molecule has 1 radical (unpaired) electrons. The molecule has 0 N–H and O–H groups in total. The van der Waals surface area contributed by atoms with Crippen molar-refractivity contribution in [2.45, 2.75) is 26.6 Å². The monoisotopic (exact) mass is 843 g/mol. The van der Waals surface area contributed by atoms with Crippen LogP contribution < -0.4 is 5.19 Å². The molecule has 9 rings (SSSR count). The van der Waals surface area contributed by atoms with Gasteiger partial charge in [-0.1, -0.05) is 97.3 Å². The van der Waals surface area contributed by atoms with E-state index >= 15 is 0 Å². The number of para-hydroxylation sites is 1. The number of imidazole rings is 1. The number of fused-ring (bicyclic) bond motifs is 6. The molecule has 4 heterocycles. The van der Waals surface area contributed by atoms with Crippen LogP contribution in [0.3, 0.4) is 0 Å². The predicted molar refractivity (Wildman–Crippen MR) is 204 cm³/mol. The third-order valence-corrected chi connectivity index (χ3v) is 10.9. The summed E-state index contributed by atoms with van der Waals surface area (Å²) in [4.78, 5) is 14.1. The molecule has 50 heavy (non-hydrogen) atoms. The zero-order valence-corrected chi connectivity index (χ0v) is 31.6. The Morgan fingerprint density at radius 3 is 2.22 bits per heavy atom. The van der Waals surface area contributed by atoms with E-state index in [1.807, 2.05) is 86.0 Å². The van der Waals surface area contributed by atoms with Gasteiger partial charge < -0.3 is 14.0 Å². The Hall–Kier alpha value is -5.20. The van der Waals surface area contributed by atoms with Gasteiger partial charge >= 0.3 is 0 Å². The van der Waals surface area contributed by atoms with Crippen LogP contribution >= 0.6 is 0 Å². The molecule has 7 heteroatoms. The van der Waals surface area contributed by atoms with E-state index in [9.17, 15) is 0 Å². The number of pyridine rings is 2. The second-order valence-electron chi connectivity index (χ2n) is 13.2. The number of furan rings is 1. The molecule has 0 amide bonds. The summed E-state index contributed by atoms with van der Waals surface area (Å²) in [5, 5.41) is 5.82. The molecule has 0 aliphatic rings. The van der Waals surface area contributed by atoms with E-state index in [0.717, 1.165) is 77.8 Å². The van der Waals surface area contributed by atoms with Crippen molar-refractivity contribution in [3.63, 3.8) is 0 Å². The van der Waals surface area contributed by atoms with Crippen LogP contribution in [0.25, 0.3) is 72.1 Å². The SMILES string of the molecule is C[Si](C)(C)c1ccc(-c2[c-]cccc2)nc1.Cc1cc2nc(-c3[c-]ccc4c3oc3c5ccccc5ccc43)n(-c3ccccc3)c2cn1.[Ir]. The van der Waals surface area contributed by atoms with Crippen molar-refractivity contribution in [2.24, 2.45) is 0 Å². The van der Waals surface area contributed by atoms with Crippen LogP contribution in [0.15, 0.2) is 138 Å².